The van der Waals surface area contributed by atoms with Crippen LogP contribution in [0.2, 0.25) is 0 Å². The highest BCUT2D eigenvalue weighted by atomic mass is 16.4. The number of nitrogens with two attached hydrogens (primary N) is 1. The zero-order valence-electron chi connectivity index (χ0n) is 15.0. The summed E-state index contributed by atoms with van der Waals surface area (Å²) in [6.07, 6.45) is 4.73. The highest BCUT2D eigenvalue weighted by Gasteiger charge is 2.18. The summed E-state index contributed by atoms with van der Waals surface area (Å²) in [5.41, 5.74) is 6.29. The van der Waals surface area contributed by atoms with Crippen molar-refractivity contribution in [2.45, 2.75) is 19.8 Å². The molecule has 0 radical (unpaired) electrons. The van der Waals surface area contributed by atoms with Crippen molar-refractivity contribution in [3.05, 3.63) is 58.5 Å². The standard InChI is InChI=1S/C19H19N3O6/c1-2-3-10(17(23)24)6-13(20)14-8-12(19(27)28)9-16(22-14)15-7-11(18(25)26)4-5-21-15/h3,6-9H,2,4-5,20H2,1H3,(H,23,24)(H,25,26)(H,27,28)/b10-3+,13-6-. The molecule has 1 aromatic heterocycles. The minimum absolute atomic E-state index is 0.0368. The molecule has 146 valence electrons. The van der Waals surface area contributed by atoms with Crippen molar-refractivity contribution in [1.82, 2.24) is 4.98 Å². The van der Waals surface area contributed by atoms with Crippen molar-refractivity contribution in [3.63, 3.8) is 0 Å². The number of allylic oxidation sites excluding steroid dienone is 2. The molecule has 0 aliphatic carbocycles. The topological polar surface area (TPSA) is 163 Å². The maximum absolute atomic E-state index is 11.5. The van der Waals surface area contributed by atoms with Gasteiger partial charge in [-0.25, -0.2) is 19.4 Å². The molecule has 0 unspecified atom stereocenters. The SMILES string of the molecule is CC/C=C(\C=C(/N)c1cc(C(=O)O)cc(C2=NCCC(C(=O)O)=C2)n1)C(=O)O. The summed E-state index contributed by atoms with van der Waals surface area (Å²) in [7, 11) is 0. The summed E-state index contributed by atoms with van der Waals surface area (Å²) in [5.74, 6) is -3.50. The van der Waals surface area contributed by atoms with Crippen LogP contribution in [0.25, 0.3) is 5.70 Å². The van der Waals surface area contributed by atoms with Gasteiger partial charge in [0.25, 0.3) is 0 Å². The van der Waals surface area contributed by atoms with Crippen molar-refractivity contribution < 1.29 is 29.7 Å². The van der Waals surface area contributed by atoms with Gasteiger partial charge in [-0.1, -0.05) is 13.0 Å². The van der Waals surface area contributed by atoms with E-state index in [-0.39, 0.29) is 52.5 Å². The Balaban J connectivity index is 2.57. The number of carboxylic acid groups (broad SMARTS) is 3. The first-order valence-electron chi connectivity index (χ1n) is 8.38. The molecule has 2 heterocycles. The van der Waals surface area contributed by atoms with Crippen molar-refractivity contribution in [3.8, 4) is 0 Å². The van der Waals surface area contributed by atoms with Crippen LogP contribution in [0.1, 0.15) is 41.5 Å². The number of hydrogen-bond donors (Lipinski definition) is 4. The quantitative estimate of drug-likeness (QED) is 0.407. The van der Waals surface area contributed by atoms with E-state index >= 15 is 0 Å². The van der Waals surface area contributed by atoms with Crippen molar-refractivity contribution >= 4 is 29.3 Å². The number of aliphatic carboxylic acids is 2. The summed E-state index contributed by atoms with van der Waals surface area (Å²) in [5, 5.41) is 27.7. The van der Waals surface area contributed by atoms with Crippen LogP contribution in [-0.2, 0) is 9.59 Å². The Morgan fingerprint density at radius 3 is 2.46 bits per heavy atom. The van der Waals surface area contributed by atoms with Gasteiger partial charge >= 0.3 is 17.9 Å². The Morgan fingerprint density at radius 1 is 1.18 bits per heavy atom. The second-order valence-electron chi connectivity index (χ2n) is 5.90. The second-order valence-corrected chi connectivity index (χ2v) is 5.90. The fourth-order valence-corrected chi connectivity index (χ4v) is 2.51. The monoisotopic (exact) mass is 385 g/mol. The van der Waals surface area contributed by atoms with Crippen LogP contribution < -0.4 is 5.73 Å². The highest BCUT2D eigenvalue weighted by Crippen LogP contribution is 2.18. The molecule has 0 saturated heterocycles. The minimum Gasteiger partial charge on any atom is -0.478 e. The smallest absolute Gasteiger partial charge is 0.335 e. The number of dihydropyridines is 1. The average Bonchev–Trinajstić information content (AvgIpc) is 2.67. The zero-order chi connectivity index (χ0) is 20.8. The van der Waals surface area contributed by atoms with E-state index < -0.39 is 17.9 Å². The van der Waals surface area contributed by atoms with Gasteiger partial charge in [0.2, 0.25) is 0 Å². The molecular weight excluding hydrogens is 366 g/mol. The number of aromatic carboxylic acids is 1. The average molecular weight is 385 g/mol. The van der Waals surface area contributed by atoms with Crippen LogP contribution in [0, 0.1) is 0 Å². The number of pyridine rings is 1. The molecule has 0 spiro atoms. The van der Waals surface area contributed by atoms with E-state index in [2.05, 4.69) is 9.98 Å². The lowest BCUT2D eigenvalue weighted by atomic mass is 10.0. The predicted octanol–water partition coefficient (Wildman–Crippen LogP) is 1.70. The summed E-state index contributed by atoms with van der Waals surface area (Å²) in [6, 6.07) is 2.48. The number of hydrogen-bond acceptors (Lipinski definition) is 6. The molecule has 2 rings (SSSR count). The predicted molar refractivity (Wildman–Crippen MR) is 101 cm³/mol. The molecule has 0 aromatic carbocycles. The molecule has 1 aliphatic heterocycles. The third kappa shape index (κ3) is 4.91. The Labute approximate surface area is 160 Å². The van der Waals surface area contributed by atoms with E-state index in [0.29, 0.717) is 6.42 Å². The zero-order valence-corrected chi connectivity index (χ0v) is 15.0. The molecule has 0 amide bonds. The lowest BCUT2D eigenvalue weighted by Crippen LogP contribution is -2.15. The number of aromatic nitrogens is 1. The van der Waals surface area contributed by atoms with Crippen LogP contribution >= 0.6 is 0 Å². The third-order valence-electron chi connectivity index (χ3n) is 3.86. The first-order valence-corrected chi connectivity index (χ1v) is 8.38. The van der Waals surface area contributed by atoms with Crippen LogP contribution in [0.5, 0.6) is 0 Å². The minimum atomic E-state index is -1.24. The first kappa shape index (κ1) is 20.6. The van der Waals surface area contributed by atoms with E-state index in [1.54, 1.807) is 6.92 Å². The number of carboxylic acids is 3. The van der Waals surface area contributed by atoms with Crippen molar-refractivity contribution in [2.24, 2.45) is 10.7 Å². The molecule has 0 fully saturated rings. The summed E-state index contributed by atoms with van der Waals surface area (Å²) in [4.78, 5) is 42.4. The molecule has 1 aromatic rings. The lowest BCUT2D eigenvalue weighted by molar-refractivity contribution is -0.133. The van der Waals surface area contributed by atoms with E-state index in [9.17, 15) is 24.6 Å². The van der Waals surface area contributed by atoms with Gasteiger partial charge < -0.3 is 21.1 Å². The number of carbonyl (C=O) groups is 3. The van der Waals surface area contributed by atoms with Gasteiger partial charge in [-0.3, -0.25) is 4.99 Å². The Hall–Kier alpha value is -3.75. The highest BCUT2D eigenvalue weighted by molar-refractivity contribution is 6.12. The van der Waals surface area contributed by atoms with E-state index in [1.165, 1.54) is 30.4 Å². The van der Waals surface area contributed by atoms with Crippen LogP contribution in [0.4, 0.5) is 0 Å². The first-order chi connectivity index (χ1) is 13.2. The van der Waals surface area contributed by atoms with Gasteiger partial charge in [-0.15, -0.1) is 0 Å². The molecule has 1 aliphatic rings. The van der Waals surface area contributed by atoms with Crippen molar-refractivity contribution in [2.75, 3.05) is 6.54 Å². The number of rotatable bonds is 7. The van der Waals surface area contributed by atoms with Crippen LogP contribution in [-0.4, -0.2) is 50.5 Å². The largest absolute Gasteiger partial charge is 0.478 e. The lowest BCUT2D eigenvalue weighted by Gasteiger charge is -2.12. The number of nitrogens with zero attached hydrogens (tertiary/aromatic N) is 2. The van der Waals surface area contributed by atoms with E-state index in [4.69, 9.17) is 10.8 Å². The van der Waals surface area contributed by atoms with Gasteiger partial charge in [0, 0.05) is 12.1 Å². The molecule has 5 N–H and O–H groups in total. The van der Waals surface area contributed by atoms with Gasteiger partial charge in [-0.2, -0.15) is 0 Å². The van der Waals surface area contributed by atoms with Crippen LogP contribution in [0.15, 0.2) is 46.5 Å². The van der Waals surface area contributed by atoms with Gasteiger partial charge in [0.1, 0.15) is 0 Å². The molecule has 28 heavy (non-hydrogen) atoms. The molecule has 0 atom stereocenters. The van der Waals surface area contributed by atoms with E-state index in [0.717, 1.165) is 0 Å². The fourth-order valence-electron chi connectivity index (χ4n) is 2.51. The Bertz CT molecular complexity index is 956. The Morgan fingerprint density at radius 2 is 1.89 bits per heavy atom. The van der Waals surface area contributed by atoms with Gasteiger partial charge in [0.15, 0.2) is 0 Å². The summed E-state index contributed by atoms with van der Waals surface area (Å²) in [6.45, 7) is 2.00. The summed E-state index contributed by atoms with van der Waals surface area (Å²) >= 11 is 0. The van der Waals surface area contributed by atoms with Crippen LogP contribution in [0.3, 0.4) is 0 Å². The van der Waals surface area contributed by atoms with Crippen molar-refractivity contribution in [1.29, 1.82) is 0 Å². The van der Waals surface area contributed by atoms with E-state index in [1.807, 2.05) is 0 Å². The summed E-state index contributed by atoms with van der Waals surface area (Å²) < 4.78 is 0. The van der Waals surface area contributed by atoms with Gasteiger partial charge in [-0.05, 0) is 37.1 Å². The number of aliphatic imine (C=N–C) groups is 1. The fraction of sp³-hybridized carbons (Fsp3) is 0.211. The molecule has 9 nitrogen and oxygen atoms in total. The van der Waals surface area contributed by atoms with Gasteiger partial charge in [0.05, 0.1) is 33.9 Å². The second kappa shape index (κ2) is 8.76. The maximum atomic E-state index is 11.5. The molecule has 0 bridgehead atoms. The molecule has 0 saturated carbocycles. The normalized spacial score (nSPS) is 14.9. The molecule has 9 heteroatoms. The Kier molecular flexibility index (Phi) is 6.43. The molecular formula is C19H19N3O6. The third-order valence-corrected chi connectivity index (χ3v) is 3.86. The maximum Gasteiger partial charge on any atom is 0.335 e.